The molecule has 2 rings (SSSR count). The first-order valence-corrected chi connectivity index (χ1v) is 10.2. The third kappa shape index (κ3) is 6.84. The van der Waals surface area contributed by atoms with E-state index in [-0.39, 0.29) is 23.9 Å². The van der Waals surface area contributed by atoms with E-state index in [4.69, 9.17) is 5.73 Å². The topological polar surface area (TPSA) is 100 Å². The highest BCUT2D eigenvalue weighted by atomic mass is 16.2. The van der Waals surface area contributed by atoms with Gasteiger partial charge in [0, 0.05) is 25.2 Å². The highest BCUT2D eigenvalue weighted by Gasteiger charge is 2.26. The minimum Gasteiger partial charge on any atom is -0.384 e. The molecule has 0 saturated heterocycles. The summed E-state index contributed by atoms with van der Waals surface area (Å²) in [6.45, 7) is 8.22. The van der Waals surface area contributed by atoms with Gasteiger partial charge < -0.3 is 16.4 Å². The van der Waals surface area contributed by atoms with Crippen molar-refractivity contribution in [3.8, 4) is 0 Å². The summed E-state index contributed by atoms with van der Waals surface area (Å²) in [6, 6.07) is 10.7. The lowest BCUT2D eigenvalue weighted by Gasteiger charge is -2.29. The van der Waals surface area contributed by atoms with Crippen molar-refractivity contribution in [1.29, 1.82) is 0 Å². The fraction of sp³-hybridized carbons (Fsp3) is 0.435. The molecular formula is C23H33N5O2. The van der Waals surface area contributed by atoms with E-state index in [2.05, 4.69) is 15.6 Å². The second kappa shape index (κ2) is 10.7. The second-order valence-electron chi connectivity index (χ2n) is 8.00. The third-order valence-corrected chi connectivity index (χ3v) is 5.27. The van der Waals surface area contributed by atoms with Crippen molar-refractivity contribution >= 4 is 17.6 Å². The van der Waals surface area contributed by atoms with Crippen LogP contribution in [-0.4, -0.2) is 46.9 Å². The molecule has 0 aliphatic carbocycles. The molecule has 7 heteroatoms. The quantitative estimate of drug-likeness (QED) is 0.586. The van der Waals surface area contributed by atoms with Crippen LogP contribution in [0.5, 0.6) is 0 Å². The van der Waals surface area contributed by atoms with Gasteiger partial charge in [-0.3, -0.25) is 14.5 Å². The molecule has 0 saturated carbocycles. The number of anilines is 1. The molecule has 0 spiro atoms. The number of hydrogen-bond acceptors (Lipinski definition) is 5. The number of hydrogen-bond donors (Lipinski definition) is 3. The molecule has 2 amide bonds. The van der Waals surface area contributed by atoms with Crippen molar-refractivity contribution in [2.24, 2.45) is 0 Å². The van der Waals surface area contributed by atoms with Crippen molar-refractivity contribution < 1.29 is 9.59 Å². The van der Waals surface area contributed by atoms with E-state index < -0.39 is 6.04 Å². The van der Waals surface area contributed by atoms with Gasteiger partial charge in [-0.2, -0.15) is 0 Å². The Kier molecular flexibility index (Phi) is 8.35. The summed E-state index contributed by atoms with van der Waals surface area (Å²) >= 11 is 0. The molecule has 4 N–H and O–H groups in total. The molecule has 162 valence electrons. The maximum atomic E-state index is 13.0. The molecule has 7 nitrogen and oxygen atoms in total. The number of amides is 2. The zero-order valence-electron chi connectivity index (χ0n) is 18.5. The van der Waals surface area contributed by atoms with Gasteiger partial charge in [0.1, 0.15) is 11.9 Å². The molecule has 0 radical (unpaired) electrons. The predicted octanol–water partition coefficient (Wildman–Crippen LogP) is 2.04. The maximum absolute atomic E-state index is 13.0. The Balaban J connectivity index is 2.11. The molecule has 1 aromatic carbocycles. The zero-order valence-corrected chi connectivity index (χ0v) is 18.5. The van der Waals surface area contributed by atoms with Gasteiger partial charge in [0.15, 0.2) is 0 Å². The second-order valence-corrected chi connectivity index (χ2v) is 8.00. The predicted molar refractivity (Wildman–Crippen MR) is 120 cm³/mol. The Morgan fingerprint density at radius 3 is 2.43 bits per heavy atom. The fourth-order valence-corrected chi connectivity index (χ4v) is 3.06. The van der Waals surface area contributed by atoms with E-state index in [1.54, 1.807) is 12.3 Å². The van der Waals surface area contributed by atoms with Crippen LogP contribution in [0.1, 0.15) is 37.5 Å². The molecule has 0 fully saturated rings. The summed E-state index contributed by atoms with van der Waals surface area (Å²) in [7, 11) is 1.90. The Bertz CT molecular complexity index is 851. The number of pyridine rings is 1. The van der Waals surface area contributed by atoms with Crippen LogP contribution in [0, 0.1) is 6.92 Å². The highest BCUT2D eigenvalue weighted by molar-refractivity contribution is 5.89. The van der Waals surface area contributed by atoms with E-state index >= 15 is 0 Å². The zero-order chi connectivity index (χ0) is 22.3. The number of nitrogens with two attached hydrogens (primary N) is 1. The van der Waals surface area contributed by atoms with Crippen LogP contribution >= 0.6 is 0 Å². The molecule has 0 aliphatic heterocycles. The van der Waals surface area contributed by atoms with E-state index in [9.17, 15) is 9.59 Å². The molecule has 0 bridgehead atoms. The number of rotatable bonds is 9. The number of carbonyl (C=O) groups excluding carboxylic acids is 2. The number of carbonyl (C=O) groups is 2. The van der Waals surface area contributed by atoms with E-state index in [1.165, 1.54) is 0 Å². The fourth-order valence-electron chi connectivity index (χ4n) is 3.06. The van der Waals surface area contributed by atoms with Crippen LogP contribution in [0.3, 0.4) is 0 Å². The van der Waals surface area contributed by atoms with Crippen LogP contribution in [0.15, 0.2) is 42.6 Å². The smallest absolute Gasteiger partial charge is 0.243 e. The standard InChI is InChI=1S/C23H33N5O2/c1-15(2)28(5)17(4)22(29)27-20(12-18-8-6-7-16(3)11-18)23(30)26-14-19-9-10-21(24)25-13-19/h6-11,13,15,17,20H,12,14H2,1-5H3,(H2,24,25)(H,26,30)(H,27,29)/t17-,20-/m0/s1. The summed E-state index contributed by atoms with van der Waals surface area (Å²) in [4.78, 5) is 31.8. The average Bonchev–Trinajstić information content (AvgIpc) is 2.71. The van der Waals surface area contributed by atoms with E-state index in [1.807, 2.05) is 70.0 Å². The van der Waals surface area contributed by atoms with Gasteiger partial charge in [0.2, 0.25) is 11.8 Å². The molecule has 1 heterocycles. The number of aromatic nitrogens is 1. The summed E-state index contributed by atoms with van der Waals surface area (Å²) in [6.07, 6.45) is 2.04. The lowest BCUT2D eigenvalue weighted by molar-refractivity contribution is -0.131. The normalized spacial score (nSPS) is 13.2. The summed E-state index contributed by atoms with van der Waals surface area (Å²) in [5, 5.41) is 5.84. The number of nitrogens with one attached hydrogen (secondary N) is 2. The Hall–Kier alpha value is -2.93. The van der Waals surface area contributed by atoms with Gasteiger partial charge in [0.25, 0.3) is 0 Å². The lowest BCUT2D eigenvalue weighted by Crippen LogP contribution is -2.53. The van der Waals surface area contributed by atoms with Gasteiger partial charge in [0.05, 0.1) is 6.04 Å². The van der Waals surface area contributed by atoms with Crippen LogP contribution in [0.25, 0.3) is 0 Å². The first-order valence-electron chi connectivity index (χ1n) is 10.2. The van der Waals surface area contributed by atoms with Crippen LogP contribution in [-0.2, 0) is 22.6 Å². The van der Waals surface area contributed by atoms with Gasteiger partial charge in [-0.15, -0.1) is 0 Å². The minimum atomic E-state index is -0.677. The number of aryl methyl sites for hydroxylation is 1. The largest absolute Gasteiger partial charge is 0.384 e. The van der Waals surface area contributed by atoms with Crippen LogP contribution in [0.4, 0.5) is 5.82 Å². The molecule has 2 aromatic rings. The number of nitrogen functional groups attached to an aromatic ring is 1. The molecule has 1 aromatic heterocycles. The Labute approximate surface area is 179 Å². The van der Waals surface area contributed by atoms with Crippen LogP contribution < -0.4 is 16.4 Å². The summed E-state index contributed by atoms with van der Waals surface area (Å²) in [5.41, 5.74) is 8.55. The Morgan fingerprint density at radius 2 is 1.83 bits per heavy atom. The van der Waals surface area contributed by atoms with E-state index in [0.29, 0.717) is 18.8 Å². The Morgan fingerprint density at radius 1 is 1.10 bits per heavy atom. The third-order valence-electron chi connectivity index (χ3n) is 5.27. The molecular weight excluding hydrogens is 378 g/mol. The van der Waals surface area contributed by atoms with Gasteiger partial charge in [-0.1, -0.05) is 35.9 Å². The summed E-state index contributed by atoms with van der Waals surface area (Å²) < 4.78 is 0. The van der Waals surface area contributed by atoms with Crippen molar-refractivity contribution in [1.82, 2.24) is 20.5 Å². The maximum Gasteiger partial charge on any atom is 0.243 e. The molecule has 0 unspecified atom stereocenters. The number of likely N-dealkylation sites (N-methyl/N-ethyl adjacent to an activating group) is 1. The summed E-state index contributed by atoms with van der Waals surface area (Å²) in [5.74, 6) is 0.0205. The average molecular weight is 412 g/mol. The highest BCUT2D eigenvalue weighted by Crippen LogP contribution is 2.09. The minimum absolute atomic E-state index is 0.173. The molecule has 0 aliphatic rings. The monoisotopic (exact) mass is 411 g/mol. The SMILES string of the molecule is Cc1cccc(C[C@H](NC(=O)[C@H](C)N(C)C(C)C)C(=O)NCc2ccc(N)nc2)c1. The van der Waals surface area contributed by atoms with Crippen molar-refractivity contribution in [3.05, 3.63) is 59.3 Å². The lowest BCUT2D eigenvalue weighted by atomic mass is 10.0. The van der Waals surface area contributed by atoms with Crippen LogP contribution in [0.2, 0.25) is 0 Å². The molecule has 2 atom stereocenters. The van der Waals surface area contributed by atoms with Crippen molar-refractivity contribution in [3.63, 3.8) is 0 Å². The van der Waals surface area contributed by atoms with Crippen molar-refractivity contribution in [2.45, 2.75) is 58.8 Å². The van der Waals surface area contributed by atoms with Gasteiger partial charge >= 0.3 is 0 Å². The molecule has 30 heavy (non-hydrogen) atoms. The van der Waals surface area contributed by atoms with Gasteiger partial charge in [-0.25, -0.2) is 4.98 Å². The number of benzene rings is 1. The number of nitrogens with zero attached hydrogens (tertiary/aromatic N) is 2. The first kappa shape index (κ1) is 23.3. The first-order chi connectivity index (χ1) is 14.2. The van der Waals surface area contributed by atoms with E-state index in [0.717, 1.165) is 16.7 Å². The van der Waals surface area contributed by atoms with Gasteiger partial charge in [-0.05, 0) is 51.9 Å². The van der Waals surface area contributed by atoms with Crippen molar-refractivity contribution in [2.75, 3.05) is 12.8 Å².